The van der Waals surface area contributed by atoms with Crippen LogP contribution >= 0.6 is 0 Å². The van der Waals surface area contributed by atoms with Gasteiger partial charge in [0.25, 0.3) is 0 Å². The predicted octanol–water partition coefficient (Wildman–Crippen LogP) is 2.33. The lowest BCUT2D eigenvalue weighted by Gasteiger charge is -2.07. The van der Waals surface area contributed by atoms with Crippen LogP contribution in [0.15, 0.2) is 30.5 Å². The Labute approximate surface area is 107 Å². The van der Waals surface area contributed by atoms with Crippen LogP contribution in [0.2, 0.25) is 0 Å². The molecule has 0 spiro atoms. The van der Waals surface area contributed by atoms with Crippen molar-refractivity contribution in [3.8, 4) is 0 Å². The van der Waals surface area contributed by atoms with Crippen LogP contribution in [0.25, 0.3) is 0 Å². The van der Waals surface area contributed by atoms with E-state index in [1.807, 2.05) is 38.1 Å². The van der Waals surface area contributed by atoms with E-state index in [1.165, 1.54) is 5.56 Å². The van der Waals surface area contributed by atoms with Gasteiger partial charge in [0.2, 0.25) is 0 Å². The number of aryl methyl sites for hydroxylation is 2. The molecule has 1 aromatic carbocycles. The highest BCUT2D eigenvalue weighted by Crippen LogP contribution is 2.08. The Bertz CT molecular complexity index is 520. The molecular weight excluding hydrogens is 224 g/mol. The van der Waals surface area contributed by atoms with Gasteiger partial charge in [-0.1, -0.05) is 12.1 Å². The fraction of sp³-hybridized carbons (Fsp3) is 0.286. The molecule has 0 saturated heterocycles. The molecule has 0 bridgehead atoms. The number of anilines is 2. The molecule has 3 N–H and O–H groups in total. The van der Waals surface area contributed by atoms with Gasteiger partial charge in [0, 0.05) is 12.2 Å². The van der Waals surface area contributed by atoms with Crippen LogP contribution in [-0.2, 0) is 6.42 Å². The second kappa shape index (κ2) is 5.49. The van der Waals surface area contributed by atoms with Crippen molar-refractivity contribution in [2.24, 2.45) is 0 Å². The van der Waals surface area contributed by atoms with E-state index in [1.54, 1.807) is 6.20 Å². The van der Waals surface area contributed by atoms with Gasteiger partial charge in [0.15, 0.2) is 0 Å². The molecule has 0 fully saturated rings. The van der Waals surface area contributed by atoms with Crippen molar-refractivity contribution in [1.29, 1.82) is 0 Å². The zero-order valence-electron chi connectivity index (χ0n) is 10.8. The maximum atomic E-state index is 5.64. The molecule has 4 heteroatoms. The summed E-state index contributed by atoms with van der Waals surface area (Å²) in [7, 11) is 0. The summed E-state index contributed by atoms with van der Waals surface area (Å²) >= 11 is 0. The molecule has 18 heavy (non-hydrogen) atoms. The summed E-state index contributed by atoms with van der Waals surface area (Å²) in [4.78, 5) is 8.70. The zero-order valence-corrected chi connectivity index (χ0v) is 10.8. The lowest BCUT2D eigenvalue weighted by Crippen LogP contribution is -2.07. The van der Waals surface area contributed by atoms with Gasteiger partial charge in [-0.15, -0.1) is 0 Å². The molecule has 94 valence electrons. The van der Waals surface area contributed by atoms with Crippen LogP contribution in [0.3, 0.4) is 0 Å². The molecule has 1 aromatic heterocycles. The highest BCUT2D eigenvalue weighted by molar-refractivity contribution is 5.40. The van der Waals surface area contributed by atoms with Gasteiger partial charge in [0.1, 0.15) is 5.82 Å². The van der Waals surface area contributed by atoms with Crippen LogP contribution in [-0.4, -0.2) is 16.5 Å². The van der Waals surface area contributed by atoms with Crippen LogP contribution in [0, 0.1) is 13.8 Å². The van der Waals surface area contributed by atoms with Gasteiger partial charge in [-0.2, -0.15) is 0 Å². The van der Waals surface area contributed by atoms with Crippen molar-refractivity contribution >= 4 is 11.5 Å². The first-order valence-electron chi connectivity index (χ1n) is 6.03. The van der Waals surface area contributed by atoms with Crippen LogP contribution in [0.4, 0.5) is 11.5 Å². The summed E-state index contributed by atoms with van der Waals surface area (Å²) in [5.41, 5.74) is 9.64. The van der Waals surface area contributed by atoms with E-state index in [0.29, 0.717) is 0 Å². The van der Waals surface area contributed by atoms with E-state index in [-0.39, 0.29) is 0 Å². The number of benzene rings is 1. The van der Waals surface area contributed by atoms with E-state index in [4.69, 9.17) is 5.73 Å². The molecule has 0 aliphatic heterocycles. The van der Waals surface area contributed by atoms with Gasteiger partial charge in [-0.05, 0) is 38.0 Å². The minimum absolute atomic E-state index is 0.798. The first-order valence-corrected chi connectivity index (χ1v) is 6.03. The molecule has 4 nitrogen and oxygen atoms in total. The number of hydrogen-bond donors (Lipinski definition) is 2. The molecule has 2 rings (SSSR count). The normalized spacial score (nSPS) is 10.3. The molecule has 1 heterocycles. The molecule has 0 saturated carbocycles. The number of nitrogen functional groups attached to an aromatic ring is 1. The van der Waals surface area contributed by atoms with Gasteiger partial charge in [0.05, 0.1) is 17.6 Å². The molecule has 0 atom stereocenters. The highest BCUT2D eigenvalue weighted by atomic mass is 15.0. The molecule has 0 aliphatic rings. The first kappa shape index (κ1) is 12.4. The van der Waals surface area contributed by atoms with Crippen molar-refractivity contribution < 1.29 is 0 Å². The minimum Gasteiger partial charge on any atom is -0.399 e. The van der Waals surface area contributed by atoms with Gasteiger partial charge >= 0.3 is 0 Å². The largest absolute Gasteiger partial charge is 0.399 e. The quantitative estimate of drug-likeness (QED) is 0.808. The second-order valence-corrected chi connectivity index (χ2v) is 4.34. The standard InChI is InChI=1S/C14H18N4/c1-10-11(2)18-14(9-17-10)16-8-7-12-3-5-13(15)6-4-12/h3-6,9H,7-8,15H2,1-2H3,(H,16,18). The highest BCUT2D eigenvalue weighted by Gasteiger charge is 1.99. The smallest absolute Gasteiger partial charge is 0.144 e. The molecule has 2 aromatic rings. The maximum absolute atomic E-state index is 5.64. The number of nitrogens with zero attached hydrogens (tertiary/aromatic N) is 2. The topological polar surface area (TPSA) is 63.8 Å². The summed E-state index contributed by atoms with van der Waals surface area (Å²) < 4.78 is 0. The lowest BCUT2D eigenvalue weighted by molar-refractivity contribution is 0.978. The summed E-state index contributed by atoms with van der Waals surface area (Å²) in [6.45, 7) is 4.76. The van der Waals surface area contributed by atoms with E-state index in [0.717, 1.165) is 35.9 Å². The van der Waals surface area contributed by atoms with E-state index in [9.17, 15) is 0 Å². The fourth-order valence-electron chi connectivity index (χ4n) is 1.65. The number of hydrogen-bond acceptors (Lipinski definition) is 4. The van der Waals surface area contributed by atoms with Crippen molar-refractivity contribution in [3.05, 3.63) is 47.4 Å². The molecule has 0 aliphatic carbocycles. The fourth-order valence-corrected chi connectivity index (χ4v) is 1.65. The SMILES string of the molecule is Cc1ncc(NCCc2ccc(N)cc2)nc1C. The second-order valence-electron chi connectivity index (χ2n) is 4.34. The zero-order chi connectivity index (χ0) is 13.0. The lowest BCUT2D eigenvalue weighted by atomic mass is 10.1. The van der Waals surface area contributed by atoms with Crippen molar-refractivity contribution in [1.82, 2.24) is 9.97 Å². The Balaban J connectivity index is 1.88. The van der Waals surface area contributed by atoms with Crippen LogP contribution in [0.5, 0.6) is 0 Å². The molecule has 0 unspecified atom stereocenters. The predicted molar refractivity (Wildman–Crippen MR) is 74.6 cm³/mol. The molecular formula is C14H18N4. The number of nitrogens with two attached hydrogens (primary N) is 1. The van der Waals surface area contributed by atoms with Gasteiger partial charge < -0.3 is 11.1 Å². The molecule has 0 amide bonds. The maximum Gasteiger partial charge on any atom is 0.144 e. The van der Waals surface area contributed by atoms with E-state index < -0.39 is 0 Å². The number of aromatic nitrogens is 2. The summed E-state index contributed by atoms with van der Waals surface area (Å²) in [5.74, 6) is 0.827. The average molecular weight is 242 g/mol. The van der Waals surface area contributed by atoms with Crippen molar-refractivity contribution in [3.63, 3.8) is 0 Å². The van der Waals surface area contributed by atoms with Crippen LogP contribution < -0.4 is 11.1 Å². The summed E-state index contributed by atoms with van der Waals surface area (Å²) in [5, 5.41) is 3.27. The Hall–Kier alpha value is -2.10. The number of rotatable bonds is 4. The third-order valence-electron chi connectivity index (χ3n) is 2.89. The third-order valence-corrected chi connectivity index (χ3v) is 2.89. The van der Waals surface area contributed by atoms with Crippen molar-refractivity contribution in [2.45, 2.75) is 20.3 Å². The average Bonchev–Trinajstić information content (AvgIpc) is 2.36. The Morgan fingerprint density at radius 1 is 1.11 bits per heavy atom. The Morgan fingerprint density at radius 2 is 1.83 bits per heavy atom. The molecule has 0 radical (unpaired) electrons. The van der Waals surface area contributed by atoms with Gasteiger partial charge in [-0.3, -0.25) is 4.98 Å². The Morgan fingerprint density at radius 3 is 2.50 bits per heavy atom. The first-order chi connectivity index (χ1) is 8.65. The minimum atomic E-state index is 0.798. The third kappa shape index (κ3) is 3.20. The van der Waals surface area contributed by atoms with E-state index in [2.05, 4.69) is 15.3 Å². The Kier molecular flexibility index (Phi) is 3.77. The summed E-state index contributed by atoms with van der Waals surface area (Å²) in [6.07, 6.45) is 2.71. The monoisotopic (exact) mass is 242 g/mol. The van der Waals surface area contributed by atoms with E-state index >= 15 is 0 Å². The number of nitrogens with one attached hydrogen (secondary N) is 1. The van der Waals surface area contributed by atoms with Crippen molar-refractivity contribution in [2.75, 3.05) is 17.6 Å². The van der Waals surface area contributed by atoms with Crippen LogP contribution in [0.1, 0.15) is 17.0 Å². The van der Waals surface area contributed by atoms with Gasteiger partial charge in [-0.25, -0.2) is 4.98 Å². The summed E-state index contributed by atoms with van der Waals surface area (Å²) in [6, 6.07) is 7.93.